The Balaban J connectivity index is 3.34. The fourth-order valence-electron chi connectivity index (χ4n) is 1.53. The number of H-pyrrole nitrogens is 1. The van der Waals surface area contributed by atoms with Crippen molar-refractivity contribution in [2.75, 3.05) is 0 Å². The smallest absolute Gasteiger partial charge is 0.269 e. The van der Waals surface area contributed by atoms with Crippen LogP contribution in [0.2, 0.25) is 0 Å². The maximum atomic E-state index is 11.6. The molecular weight excluding hydrogens is 164 g/mol. The molecule has 74 valence electrons. The molecule has 0 bridgehead atoms. The van der Waals surface area contributed by atoms with E-state index >= 15 is 0 Å². The molecule has 0 fully saturated rings. The number of hydrogen-bond acceptors (Lipinski definition) is 1. The van der Waals surface area contributed by atoms with Gasteiger partial charge in [-0.15, -0.1) is 0 Å². The van der Waals surface area contributed by atoms with Crippen LogP contribution >= 0.6 is 0 Å². The molecule has 0 unspecified atom stereocenters. The van der Waals surface area contributed by atoms with Gasteiger partial charge in [-0.1, -0.05) is 20.8 Å². The first-order valence-electron chi connectivity index (χ1n) is 4.67. The Kier molecular flexibility index (Phi) is 2.37. The predicted octanol–water partition coefficient (Wildman–Crippen LogP) is 1.80. The SMILES string of the molecule is CCn1[nH]c(C(C)(C)C)c(C)c1=O. The van der Waals surface area contributed by atoms with Crippen LogP contribution in [-0.2, 0) is 12.0 Å². The number of aromatic nitrogens is 2. The lowest BCUT2D eigenvalue weighted by molar-refractivity contribution is 0.536. The number of nitrogens with one attached hydrogen (secondary N) is 1. The summed E-state index contributed by atoms with van der Waals surface area (Å²) in [6.45, 7) is 10.9. The maximum absolute atomic E-state index is 11.6. The minimum absolute atomic E-state index is 0.0175. The second-order valence-corrected chi connectivity index (χ2v) is 4.41. The van der Waals surface area contributed by atoms with Gasteiger partial charge in [0.25, 0.3) is 5.56 Å². The van der Waals surface area contributed by atoms with Crippen LogP contribution in [-0.4, -0.2) is 9.78 Å². The quantitative estimate of drug-likeness (QED) is 0.706. The van der Waals surface area contributed by atoms with Crippen LogP contribution in [0, 0.1) is 6.92 Å². The van der Waals surface area contributed by atoms with Gasteiger partial charge in [-0.25, -0.2) is 0 Å². The fraction of sp³-hybridized carbons (Fsp3) is 0.700. The van der Waals surface area contributed by atoms with Crippen LogP contribution in [0.1, 0.15) is 39.0 Å². The topological polar surface area (TPSA) is 37.8 Å². The van der Waals surface area contributed by atoms with Crippen LogP contribution in [0.5, 0.6) is 0 Å². The summed E-state index contributed by atoms with van der Waals surface area (Å²) in [4.78, 5) is 11.6. The molecule has 0 spiro atoms. The summed E-state index contributed by atoms with van der Waals surface area (Å²) < 4.78 is 1.65. The van der Waals surface area contributed by atoms with Gasteiger partial charge in [0.1, 0.15) is 0 Å². The largest absolute Gasteiger partial charge is 0.299 e. The van der Waals surface area contributed by atoms with E-state index in [1.807, 2.05) is 13.8 Å². The van der Waals surface area contributed by atoms with Crippen LogP contribution in [0.25, 0.3) is 0 Å². The highest BCUT2D eigenvalue weighted by Gasteiger charge is 2.21. The molecule has 1 heterocycles. The molecule has 1 N–H and O–H groups in total. The summed E-state index contributed by atoms with van der Waals surface area (Å²) in [7, 11) is 0. The third-order valence-electron chi connectivity index (χ3n) is 2.25. The van der Waals surface area contributed by atoms with Crippen molar-refractivity contribution < 1.29 is 0 Å². The van der Waals surface area contributed by atoms with Crippen LogP contribution in [0.4, 0.5) is 0 Å². The van der Waals surface area contributed by atoms with Crippen LogP contribution < -0.4 is 5.56 Å². The Labute approximate surface area is 78.8 Å². The minimum Gasteiger partial charge on any atom is -0.299 e. The van der Waals surface area contributed by atoms with Gasteiger partial charge in [0.05, 0.1) is 0 Å². The lowest BCUT2D eigenvalue weighted by Crippen LogP contribution is -2.16. The van der Waals surface area contributed by atoms with E-state index in [-0.39, 0.29) is 11.0 Å². The summed E-state index contributed by atoms with van der Waals surface area (Å²) in [6.07, 6.45) is 0. The van der Waals surface area contributed by atoms with Crippen molar-refractivity contribution in [2.24, 2.45) is 0 Å². The Morgan fingerprint density at radius 1 is 1.38 bits per heavy atom. The molecule has 13 heavy (non-hydrogen) atoms. The van der Waals surface area contributed by atoms with E-state index in [1.165, 1.54) is 0 Å². The third kappa shape index (κ3) is 1.69. The Morgan fingerprint density at radius 2 is 1.92 bits per heavy atom. The summed E-state index contributed by atoms with van der Waals surface area (Å²) in [5, 5.41) is 3.14. The van der Waals surface area contributed by atoms with E-state index in [4.69, 9.17) is 0 Å². The molecule has 0 aliphatic carbocycles. The molecule has 0 radical (unpaired) electrons. The Morgan fingerprint density at radius 3 is 2.15 bits per heavy atom. The normalized spacial score (nSPS) is 12.1. The molecule has 0 atom stereocenters. The summed E-state index contributed by atoms with van der Waals surface area (Å²) >= 11 is 0. The molecule has 0 aliphatic heterocycles. The minimum atomic E-state index is 0.0175. The summed E-state index contributed by atoms with van der Waals surface area (Å²) in [5.41, 5.74) is 2.00. The highest BCUT2D eigenvalue weighted by atomic mass is 16.1. The van der Waals surface area contributed by atoms with Gasteiger partial charge in [0, 0.05) is 23.2 Å². The van der Waals surface area contributed by atoms with E-state index in [1.54, 1.807) is 4.68 Å². The number of aromatic amines is 1. The van der Waals surface area contributed by atoms with E-state index in [9.17, 15) is 4.79 Å². The van der Waals surface area contributed by atoms with Crippen molar-refractivity contribution in [1.82, 2.24) is 9.78 Å². The predicted molar refractivity (Wildman–Crippen MR) is 54.2 cm³/mol. The molecule has 3 heteroatoms. The summed E-state index contributed by atoms with van der Waals surface area (Å²) in [5.74, 6) is 0. The number of hydrogen-bond donors (Lipinski definition) is 1. The lowest BCUT2D eigenvalue weighted by Gasteiger charge is -2.16. The molecule has 1 aromatic rings. The maximum Gasteiger partial charge on any atom is 0.269 e. The average Bonchev–Trinajstić information content (AvgIpc) is 2.28. The Hall–Kier alpha value is -0.990. The van der Waals surface area contributed by atoms with Gasteiger partial charge >= 0.3 is 0 Å². The molecular formula is C10H18N2O. The zero-order valence-corrected chi connectivity index (χ0v) is 9.06. The van der Waals surface area contributed by atoms with Gasteiger partial charge in [0.15, 0.2) is 0 Å². The average molecular weight is 182 g/mol. The third-order valence-corrected chi connectivity index (χ3v) is 2.25. The first-order valence-corrected chi connectivity index (χ1v) is 4.67. The molecule has 3 nitrogen and oxygen atoms in total. The highest BCUT2D eigenvalue weighted by Crippen LogP contribution is 2.21. The van der Waals surface area contributed by atoms with Gasteiger partial charge < -0.3 is 0 Å². The number of aryl methyl sites for hydroxylation is 1. The van der Waals surface area contributed by atoms with Crippen LogP contribution in [0.15, 0.2) is 4.79 Å². The molecule has 0 amide bonds. The number of nitrogens with zero attached hydrogens (tertiary/aromatic N) is 1. The second kappa shape index (κ2) is 3.05. The van der Waals surface area contributed by atoms with Crippen molar-refractivity contribution in [3.63, 3.8) is 0 Å². The number of rotatable bonds is 1. The standard InChI is InChI=1S/C10H18N2O/c1-6-12-9(13)7(2)8(11-12)10(3,4)5/h11H,6H2,1-5H3. The van der Waals surface area contributed by atoms with E-state index in [0.717, 1.165) is 11.3 Å². The molecule has 1 rings (SSSR count). The zero-order valence-electron chi connectivity index (χ0n) is 9.06. The lowest BCUT2D eigenvalue weighted by atomic mass is 9.90. The first-order chi connectivity index (χ1) is 5.88. The first kappa shape index (κ1) is 10.1. The molecule has 0 saturated carbocycles. The monoisotopic (exact) mass is 182 g/mol. The van der Waals surface area contributed by atoms with Gasteiger partial charge in [-0.2, -0.15) is 0 Å². The highest BCUT2D eigenvalue weighted by molar-refractivity contribution is 5.22. The molecule has 0 aliphatic rings. The van der Waals surface area contributed by atoms with E-state index < -0.39 is 0 Å². The van der Waals surface area contributed by atoms with Crippen molar-refractivity contribution >= 4 is 0 Å². The van der Waals surface area contributed by atoms with Crippen molar-refractivity contribution in [3.05, 3.63) is 21.6 Å². The van der Waals surface area contributed by atoms with E-state index in [2.05, 4.69) is 25.9 Å². The van der Waals surface area contributed by atoms with E-state index in [0.29, 0.717) is 6.54 Å². The van der Waals surface area contributed by atoms with Crippen LogP contribution in [0.3, 0.4) is 0 Å². The molecule has 1 aromatic heterocycles. The second-order valence-electron chi connectivity index (χ2n) is 4.41. The van der Waals surface area contributed by atoms with Gasteiger partial charge in [-0.3, -0.25) is 14.6 Å². The zero-order chi connectivity index (χ0) is 10.2. The summed E-state index contributed by atoms with van der Waals surface area (Å²) in [6, 6.07) is 0. The van der Waals surface area contributed by atoms with Gasteiger partial charge in [-0.05, 0) is 13.8 Å². The fourth-order valence-corrected chi connectivity index (χ4v) is 1.53. The van der Waals surface area contributed by atoms with Gasteiger partial charge in [0.2, 0.25) is 0 Å². The molecule has 0 saturated heterocycles. The van der Waals surface area contributed by atoms with Crippen molar-refractivity contribution in [2.45, 2.75) is 46.6 Å². The van der Waals surface area contributed by atoms with Crippen molar-refractivity contribution in [3.8, 4) is 0 Å². The van der Waals surface area contributed by atoms with Crippen molar-refractivity contribution in [1.29, 1.82) is 0 Å². The Bertz CT molecular complexity index is 352. The molecule has 0 aromatic carbocycles.